The van der Waals surface area contributed by atoms with Crippen LogP contribution in [0.1, 0.15) is 24.6 Å². The molecule has 0 spiro atoms. The Hall–Kier alpha value is -0.480. The van der Waals surface area contributed by atoms with Crippen LogP contribution in [0.5, 0.6) is 0 Å². The van der Waals surface area contributed by atoms with Crippen LogP contribution >= 0.6 is 11.8 Å². The summed E-state index contributed by atoms with van der Waals surface area (Å²) in [5.74, 6) is 1.30. The minimum absolute atomic E-state index is 0.676. The molecule has 0 radical (unpaired) electrons. The van der Waals surface area contributed by atoms with Gasteiger partial charge in [0.1, 0.15) is 0 Å². The van der Waals surface area contributed by atoms with Crippen molar-refractivity contribution < 1.29 is 0 Å². The third-order valence-corrected chi connectivity index (χ3v) is 4.37. The summed E-state index contributed by atoms with van der Waals surface area (Å²) in [5, 5.41) is 8.73. The molecular formula is C11H19N3S. The first-order valence-corrected chi connectivity index (χ1v) is 6.56. The summed E-state index contributed by atoms with van der Waals surface area (Å²) < 4.78 is 1.89. The van der Waals surface area contributed by atoms with Gasteiger partial charge in [-0.15, -0.1) is 0 Å². The zero-order valence-electron chi connectivity index (χ0n) is 9.66. The number of hydrogen-bond acceptors (Lipinski definition) is 3. The second kappa shape index (κ2) is 4.58. The molecule has 84 valence electrons. The highest BCUT2D eigenvalue weighted by Gasteiger charge is 2.23. The SMILES string of the molecule is Cc1nn(C)cc1CNC1CCSC1C. The quantitative estimate of drug-likeness (QED) is 0.849. The maximum absolute atomic E-state index is 4.35. The Morgan fingerprint density at radius 2 is 2.47 bits per heavy atom. The van der Waals surface area contributed by atoms with E-state index in [1.54, 1.807) is 0 Å². The molecule has 2 unspecified atom stereocenters. The average Bonchev–Trinajstić information content (AvgIpc) is 2.70. The minimum atomic E-state index is 0.676. The number of hydrogen-bond donors (Lipinski definition) is 1. The second-order valence-electron chi connectivity index (χ2n) is 4.27. The van der Waals surface area contributed by atoms with Crippen LogP contribution in [0.4, 0.5) is 0 Å². The molecule has 1 aliphatic rings. The van der Waals surface area contributed by atoms with E-state index in [4.69, 9.17) is 0 Å². The molecule has 4 heteroatoms. The molecule has 1 N–H and O–H groups in total. The highest BCUT2D eigenvalue weighted by molar-refractivity contribution is 8.00. The first-order valence-electron chi connectivity index (χ1n) is 5.51. The molecule has 2 heterocycles. The second-order valence-corrected chi connectivity index (χ2v) is 5.75. The molecule has 1 aliphatic heterocycles. The van der Waals surface area contributed by atoms with Crippen molar-refractivity contribution in [1.82, 2.24) is 15.1 Å². The smallest absolute Gasteiger partial charge is 0.0638 e. The molecule has 1 aromatic heterocycles. The van der Waals surface area contributed by atoms with Crippen molar-refractivity contribution in [2.75, 3.05) is 5.75 Å². The Morgan fingerprint density at radius 1 is 1.67 bits per heavy atom. The monoisotopic (exact) mass is 225 g/mol. The lowest BCUT2D eigenvalue weighted by molar-refractivity contribution is 0.512. The van der Waals surface area contributed by atoms with E-state index in [1.807, 2.05) is 11.7 Å². The van der Waals surface area contributed by atoms with Gasteiger partial charge in [0, 0.05) is 36.6 Å². The van der Waals surface area contributed by atoms with Crippen LogP contribution in [-0.4, -0.2) is 26.8 Å². The van der Waals surface area contributed by atoms with Gasteiger partial charge in [0.15, 0.2) is 0 Å². The lowest BCUT2D eigenvalue weighted by Gasteiger charge is -2.15. The molecule has 0 amide bonds. The Balaban J connectivity index is 1.90. The number of nitrogens with one attached hydrogen (secondary N) is 1. The lowest BCUT2D eigenvalue weighted by atomic mass is 10.1. The van der Waals surface area contributed by atoms with Gasteiger partial charge in [0.25, 0.3) is 0 Å². The van der Waals surface area contributed by atoms with E-state index in [0.717, 1.165) is 17.5 Å². The fourth-order valence-corrected chi connectivity index (χ4v) is 3.29. The zero-order valence-corrected chi connectivity index (χ0v) is 10.5. The maximum Gasteiger partial charge on any atom is 0.0638 e. The largest absolute Gasteiger partial charge is 0.309 e. The van der Waals surface area contributed by atoms with Gasteiger partial charge in [-0.3, -0.25) is 4.68 Å². The van der Waals surface area contributed by atoms with E-state index in [1.165, 1.54) is 17.7 Å². The third-order valence-electron chi connectivity index (χ3n) is 3.05. The van der Waals surface area contributed by atoms with Gasteiger partial charge in [-0.2, -0.15) is 16.9 Å². The molecule has 3 nitrogen and oxygen atoms in total. The Labute approximate surface area is 95.6 Å². The van der Waals surface area contributed by atoms with Crippen molar-refractivity contribution in [2.45, 2.75) is 38.1 Å². The molecule has 2 atom stereocenters. The molecular weight excluding hydrogens is 206 g/mol. The molecule has 0 aliphatic carbocycles. The summed E-state index contributed by atoms with van der Waals surface area (Å²) in [4.78, 5) is 0. The van der Waals surface area contributed by atoms with Crippen molar-refractivity contribution in [3.8, 4) is 0 Å². The Kier molecular flexibility index (Phi) is 3.36. The van der Waals surface area contributed by atoms with Crippen LogP contribution in [-0.2, 0) is 13.6 Å². The fraction of sp³-hybridized carbons (Fsp3) is 0.727. The summed E-state index contributed by atoms with van der Waals surface area (Å²) in [6.07, 6.45) is 3.40. The minimum Gasteiger partial charge on any atom is -0.309 e. The van der Waals surface area contributed by atoms with Crippen molar-refractivity contribution in [2.24, 2.45) is 7.05 Å². The lowest BCUT2D eigenvalue weighted by Crippen LogP contribution is -2.32. The number of nitrogens with zero attached hydrogens (tertiary/aromatic N) is 2. The molecule has 1 aromatic rings. The predicted octanol–water partition coefficient (Wildman–Crippen LogP) is 1.71. The van der Waals surface area contributed by atoms with Gasteiger partial charge in [0.2, 0.25) is 0 Å². The van der Waals surface area contributed by atoms with Crippen molar-refractivity contribution in [3.63, 3.8) is 0 Å². The van der Waals surface area contributed by atoms with Crippen LogP contribution in [0.15, 0.2) is 6.20 Å². The van der Waals surface area contributed by atoms with Crippen LogP contribution in [0.2, 0.25) is 0 Å². The molecule has 1 saturated heterocycles. The fourth-order valence-electron chi connectivity index (χ4n) is 2.06. The summed E-state index contributed by atoms with van der Waals surface area (Å²) in [7, 11) is 1.98. The van der Waals surface area contributed by atoms with E-state index in [-0.39, 0.29) is 0 Å². The standard InChI is InChI=1S/C11H19N3S/c1-8-10(7-14(3)13-8)6-12-11-4-5-15-9(11)2/h7,9,11-12H,4-6H2,1-3H3. The van der Waals surface area contributed by atoms with Gasteiger partial charge < -0.3 is 5.32 Å². The first-order chi connectivity index (χ1) is 7.16. The number of thioether (sulfide) groups is 1. The molecule has 0 aromatic carbocycles. The summed E-state index contributed by atoms with van der Waals surface area (Å²) in [6.45, 7) is 5.34. The van der Waals surface area contributed by atoms with E-state index < -0.39 is 0 Å². The maximum atomic E-state index is 4.35. The van der Waals surface area contributed by atoms with Crippen LogP contribution in [0, 0.1) is 6.92 Å². The predicted molar refractivity (Wildman–Crippen MR) is 65.1 cm³/mol. The summed E-state index contributed by atoms with van der Waals surface area (Å²) in [5.41, 5.74) is 2.46. The molecule has 0 saturated carbocycles. The van der Waals surface area contributed by atoms with E-state index in [2.05, 4.69) is 42.2 Å². The van der Waals surface area contributed by atoms with Gasteiger partial charge in [-0.25, -0.2) is 0 Å². The molecule has 0 bridgehead atoms. The molecule has 2 rings (SSSR count). The van der Waals surface area contributed by atoms with Crippen LogP contribution in [0.3, 0.4) is 0 Å². The third kappa shape index (κ3) is 2.55. The highest BCUT2D eigenvalue weighted by atomic mass is 32.2. The summed E-state index contributed by atoms with van der Waals surface area (Å²) in [6, 6.07) is 0.676. The van der Waals surface area contributed by atoms with Gasteiger partial charge in [-0.05, 0) is 19.1 Å². The Bertz CT molecular complexity index is 335. The average molecular weight is 225 g/mol. The Morgan fingerprint density at radius 3 is 3.00 bits per heavy atom. The van der Waals surface area contributed by atoms with Gasteiger partial charge in [0.05, 0.1) is 5.69 Å². The van der Waals surface area contributed by atoms with Gasteiger partial charge >= 0.3 is 0 Å². The first kappa shape index (κ1) is 11.0. The number of rotatable bonds is 3. The topological polar surface area (TPSA) is 29.9 Å². The van der Waals surface area contributed by atoms with Crippen molar-refractivity contribution in [3.05, 3.63) is 17.5 Å². The highest BCUT2D eigenvalue weighted by Crippen LogP contribution is 2.26. The van der Waals surface area contributed by atoms with Crippen LogP contribution < -0.4 is 5.32 Å². The normalized spacial score (nSPS) is 26.1. The van der Waals surface area contributed by atoms with Crippen LogP contribution in [0.25, 0.3) is 0 Å². The number of aryl methyl sites for hydroxylation is 2. The van der Waals surface area contributed by atoms with Crippen molar-refractivity contribution in [1.29, 1.82) is 0 Å². The van der Waals surface area contributed by atoms with Crippen molar-refractivity contribution >= 4 is 11.8 Å². The van der Waals surface area contributed by atoms with E-state index in [0.29, 0.717) is 6.04 Å². The molecule has 1 fully saturated rings. The summed E-state index contributed by atoms with van der Waals surface area (Å²) >= 11 is 2.07. The number of aromatic nitrogens is 2. The molecule has 15 heavy (non-hydrogen) atoms. The zero-order chi connectivity index (χ0) is 10.8. The van der Waals surface area contributed by atoms with E-state index in [9.17, 15) is 0 Å². The van der Waals surface area contributed by atoms with E-state index >= 15 is 0 Å². The van der Waals surface area contributed by atoms with Gasteiger partial charge in [-0.1, -0.05) is 6.92 Å².